The van der Waals surface area contributed by atoms with Gasteiger partial charge in [-0.3, -0.25) is 0 Å². The molecule has 1 fully saturated rings. The molecular formula is C11H20N2O3S. The van der Waals surface area contributed by atoms with Crippen LogP contribution in [-0.4, -0.2) is 57.7 Å². The molecule has 1 aliphatic heterocycles. The number of thioether (sulfide) groups is 1. The summed E-state index contributed by atoms with van der Waals surface area (Å²) in [6.45, 7) is 5.42. The fraction of sp³-hybridized carbons (Fsp3) is 0.818. The van der Waals surface area contributed by atoms with Crippen molar-refractivity contribution in [3.05, 3.63) is 0 Å². The highest BCUT2D eigenvalue weighted by atomic mass is 32.2. The average Bonchev–Trinajstić information content (AvgIpc) is 2.76. The lowest BCUT2D eigenvalue weighted by Gasteiger charge is -2.29. The Morgan fingerprint density at radius 3 is 2.41 bits per heavy atom. The third-order valence-corrected chi connectivity index (χ3v) is 3.68. The highest BCUT2D eigenvalue weighted by molar-refractivity contribution is 7.99. The molecule has 0 unspecified atom stereocenters. The van der Waals surface area contributed by atoms with E-state index >= 15 is 0 Å². The van der Waals surface area contributed by atoms with E-state index in [0.29, 0.717) is 24.7 Å². The van der Waals surface area contributed by atoms with E-state index in [-0.39, 0.29) is 6.03 Å². The third-order valence-electron chi connectivity index (χ3n) is 2.67. The molecule has 17 heavy (non-hydrogen) atoms. The zero-order valence-corrected chi connectivity index (χ0v) is 11.2. The Hall–Kier alpha value is -0.910. The fourth-order valence-electron chi connectivity index (χ4n) is 1.86. The fourth-order valence-corrected chi connectivity index (χ4v) is 3.00. The number of carboxylic acid groups (broad SMARTS) is 1. The van der Waals surface area contributed by atoms with Crippen LogP contribution in [0.15, 0.2) is 0 Å². The molecule has 0 aromatic carbocycles. The molecule has 0 radical (unpaired) electrons. The summed E-state index contributed by atoms with van der Waals surface area (Å²) in [5, 5.41) is 9.05. The standard InChI is InChI=1S/C11H20N2O3S/c1-3-5-12(6-4-2)11(16)13-8-17-7-9(13)10(14)15/h9H,3-8H2,1-2H3,(H,14,15)/t9-/m0/s1. The number of nitrogens with zero attached hydrogens (tertiary/aromatic N) is 2. The summed E-state index contributed by atoms with van der Waals surface area (Å²) in [5.41, 5.74) is 0. The number of carboxylic acids is 1. The van der Waals surface area contributed by atoms with Gasteiger partial charge in [-0.25, -0.2) is 9.59 Å². The molecule has 0 bridgehead atoms. The minimum absolute atomic E-state index is 0.133. The Bertz CT molecular complexity index is 280. The summed E-state index contributed by atoms with van der Waals surface area (Å²) in [5.74, 6) is 0.0729. The molecule has 98 valence electrons. The van der Waals surface area contributed by atoms with E-state index in [1.54, 1.807) is 4.90 Å². The van der Waals surface area contributed by atoms with Gasteiger partial charge in [0.15, 0.2) is 0 Å². The van der Waals surface area contributed by atoms with Crippen molar-refractivity contribution in [2.24, 2.45) is 0 Å². The van der Waals surface area contributed by atoms with Crippen molar-refractivity contribution in [2.75, 3.05) is 24.7 Å². The summed E-state index contributed by atoms with van der Waals surface area (Å²) in [6.07, 6.45) is 1.79. The molecule has 0 aromatic rings. The number of hydrogen-bond acceptors (Lipinski definition) is 3. The maximum atomic E-state index is 12.2. The third kappa shape index (κ3) is 3.52. The number of urea groups is 1. The van der Waals surface area contributed by atoms with Gasteiger partial charge in [0.1, 0.15) is 6.04 Å². The smallest absolute Gasteiger partial charge is 0.327 e. The van der Waals surface area contributed by atoms with Crippen LogP contribution in [0.2, 0.25) is 0 Å². The molecule has 1 N–H and O–H groups in total. The number of rotatable bonds is 5. The minimum Gasteiger partial charge on any atom is -0.480 e. The Labute approximate surface area is 106 Å². The van der Waals surface area contributed by atoms with Crippen LogP contribution in [0.5, 0.6) is 0 Å². The largest absolute Gasteiger partial charge is 0.480 e. The second-order valence-electron chi connectivity index (χ2n) is 4.09. The molecule has 1 saturated heterocycles. The molecule has 1 heterocycles. The van der Waals surface area contributed by atoms with Crippen LogP contribution in [0.4, 0.5) is 4.79 Å². The van der Waals surface area contributed by atoms with Crippen molar-refractivity contribution in [3.8, 4) is 0 Å². The van der Waals surface area contributed by atoms with Crippen molar-refractivity contribution < 1.29 is 14.7 Å². The lowest BCUT2D eigenvalue weighted by molar-refractivity contribution is -0.140. The molecular weight excluding hydrogens is 240 g/mol. The van der Waals surface area contributed by atoms with Crippen LogP contribution >= 0.6 is 11.8 Å². The predicted molar refractivity (Wildman–Crippen MR) is 68.1 cm³/mol. The first kappa shape index (κ1) is 14.2. The van der Waals surface area contributed by atoms with Gasteiger partial charge in [0.05, 0.1) is 5.88 Å². The molecule has 6 heteroatoms. The molecule has 0 aliphatic carbocycles. The lowest BCUT2D eigenvalue weighted by Crippen LogP contribution is -2.49. The minimum atomic E-state index is -0.906. The van der Waals surface area contributed by atoms with Gasteiger partial charge in [-0.2, -0.15) is 0 Å². The SMILES string of the molecule is CCCN(CCC)C(=O)N1CSC[C@H]1C(=O)O. The van der Waals surface area contributed by atoms with Gasteiger partial charge in [-0.15, -0.1) is 11.8 Å². The number of aliphatic carboxylic acids is 1. The molecule has 1 rings (SSSR count). The van der Waals surface area contributed by atoms with E-state index in [2.05, 4.69) is 0 Å². The van der Waals surface area contributed by atoms with Gasteiger partial charge >= 0.3 is 12.0 Å². The van der Waals surface area contributed by atoms with Crippen molar-refractivity contribution in [3.63, 3.8) is 0 Å². The summed E-state index contributed by atoms with van der Waals surface area (Å²) in [7, 11) is 0. The normalized spacial score (nSPS) is 19.4. The Kier molecular flexibility index (Phi) is 5.61. The monoisotopic (exact) mass is 260 g/mol. The predicted octanol–water partition coefficient (Wildman–Crippen LogP) is 1.69. The Morgan fingerprint density at radius 1 is 1.35 bits per heavy atom. The van der Waals surface area contributed by atoms with Gasteiger partial charge in [-0.05, 0) is 12.8 Å². The van der Waals surface area contributed by atoms with Gasteiger partial charge in [-0.1, -0.05) is 13.8 Å². The van der Waals surface area contributed by atoms with E-state index in [1.165, 1.54) is 16.7 Å². The van der Waals surface area contributed by atoms with Crippen LogP contribution in [0.25, 0.3) is 0 Å². The maximum Gasteiger partial charge on any atom is 0.327 e. The molecule has 0 saturated carbocycles. The van der Waals surface area contributed by atoms with Crippen molar-refractivity contribution in [1.82, 2.24) is 9.80 Å². The molecule has 2 amide bonds. The molecule has 0 aromatic heterocycles. The zero-order valence-electron chi connectivity index (χ0n) is 10.4. The summed E-state index contributed by atoms with van der Waals surface area (Å²) >= 11 is 1.50. The van der Waals surface area contributed by atoms with Gasteiger partial charge in [0.25, 0.3) is 0 Å². The quantitative estimate of drug-likeness (QED) is 0.817. The second-order valence-corrected chi connectivity index (χ2v) is 5.09. The first-order chi connectivity index (χ1) is 8.11. The maximum absolute atomic E-state index is 12.2. The van der Waals surface area contributed by atoms with Gasteiger partial charge in [0.2, 0.25) is 0 Å². The number of hydrogen-bond donors (Lipinski definition) is 1. The Morgan fingerprint density at radius 2 is 1.94 bits per heavy atom. The van der Waals surface area contributed by atoms with E-state index in [4.69, 9.17) is 5.11 Å². The summed E-state index contributed by atoms with van der Waals surface area (Å²) in [6, 6.07) is -0.796. The number of amides is 2. The van der Waals surface area contributed by atoms with Crippen molar-refractivity contribution >= 4 is 23.8 Å². The van der Waals surface area contributed by atoms with Gasteiger partial charge in [0, 0.05) is 18.8 Å². The van der Waals surface area contributed by atoms with Crippen LogP contribution in [0, 0.1) is 0 Å². The van der Waals surface area contributed by atoms with E-state index in [1.807, 2.05) is 13.8 Å². The molecule has 1 atom stereocenters. The van der Waals surface area contributed by atoms with Crippen molar-refractivity contribution in [2.45, 2.75) is 32.7 Å². The van der Waals surface area contributed by atoms with E-state index in [9.17, 15) is 9.59 Å². The lowest BCUT2D eigenvalue weighted by atomic mass is 10.3. The second kappa shape index (κ2) is 6.74. The van der Waals surface area contributed by atoms with Crippen LogP contribution in [0.1, 0.15) is 26.7 Å². The highest BCUT2D eigenvalue weighted by Gasteiger charge is 2.36. The Balaban J connectivity index is 2.68. The first-order valence-corrected chi connectivity index (χ1v) is 7.13. The molecule has 1 aliphatic rings. The number of carbonyl (C=O) groups is 2. The highest BCUT2D eigenvalue weighted by Crippen LogP contribution is 2.22. The van der Waals surface area contributed by atoms with Crippen LogP contribution in [-0.2, 0) is 4.79 Å². The molecule has 5 nitrogen and oxygen atoms in total. The summed E-state index contributed by atoms with van der Waals surface area (Å²) < 4.78 is 0. The summed E-state index contributed by atoms with van der Waals surface area (Å²) in [4.78, 5) is 26.5. The zero-order chi connectivity index (χ0) is 12.8. The van der Waals surface area contributed by atoms with Crippen molar-refractivity contribution in [1.29, 1.82) is 0 Å². The average molecular weight is 260 g/mol. The topological polar surface area (TPSA) is 60.9 Å². The van der Waals surface area contributed by atoms with E-state index < -0.39 is 12.0 Å². The van der Waals surface area contributed by atoms with Crippen LogP contribution in [0.3, 0.4) is 0 Å². The van der Waals surface area contributed by atoms with Gasteiger partial charge < -0.3 is 14.9 Å². The number of carbonyl (C=O) groups excluding carboxylic acids is 1. The van der Waals surface area contributed by atoms with E-state index in [0.717, 1.165) is 12.8 Å². The first-order valence-electron chi connectivity index (χ1n) is 5.97. The molecule has 0 spiro atoms. The van der Waals surface area contributed by atoms with Crippen LogP contribution < -0.4 is 0 Å².